The summed E-state index contributed by atoms with van der Waals surface area (Å²) in [6, 6.07) is 7.84. The summed E-state index contributed by atoms with van der Waals surface area (Å²) in [5, 5.41) is 5.59. The second kappa shape index (κ2) is 7.91. The second-order valence-corrected chi connectivity index (χ2v) is 9.15. The summed E-state index contributed by atoms with van der Waals surface area (Å²) in [6.45, 7) is 3.70. The van der Waals surface area contributed by atoms with Gasteiger partial charge in [0, 0.05) is 25.3 Å². The van der Waals surface area contributed by atoms with Gasteiger partial charge in [-0.05, 0) is 31.9 Å². The number of aryl methyl sites for hydroxylation is 1. The fourth-order valence-corrected chi connectivity index (χ4v) is 5.44. The molecule has 4 heterocycles. The molecule has 0 saturated carbocycles. The molecule has 0 radical (unpaired) electrons. The van der Waals surface area contributed by atoms with Crippen molar-refractivity contribution in [2.45, 2.75) is 50.2 Å². The minimum atomic E-state index is -0.145. The molecule has 2 aliphatic rings. The minimum Gasteiger partial charge on any atom is -0.343 e. The van der Waals surface area contributed by atoms with Crippen LogP contribution in [0, 0.1) is 6.92 Å². The van der Waals surface area contributed by atoms with Gasteiger partial charge >= 0.3 is 0 Å². The van der Waals surface area contributed by atoms with Crippen LogP contribution in [-0.4, -0.2) is 49.0 Å². The third kappa shape index (κ3) is 3.43. The summed E-state index contributed by atoms with van der Waals surface area (Å²) in [5.74, 6) is 0.851. The van der Waals surface area contributed by atoms with E-state index >= 15 is 0 Å². The van der Waals surface area contributed by atoms with Gasteiger partial charge in [0.05, 0.1) is 17.9 Å². The van der Waals surface area contributed by atoms with Gasteiger partial charge in [0.2, 0.25) is 5.91 Å². The highest BCUT2D eigenvalue weighted by Crippen LogP contribution is 2.34. The first-order valence-electron chi connectivity index (χ1n) is 10.6. The van der Waals surface area contributed by atoms with Gasteiger partial charge in [-0.3, -0.25) is 14.2 Å². The van der Waals surface area contributed by atoms with E-state index in [9.17, 15) is 9.59 Å². The molecule has 1 aromatic carbocycles. The first kappa shape index (κ1) is 19.4. The molecule has 5 rings (SSSR count). The molecule has 1 atom stereocenters. The Labute approximate surface area is 179 Å². The zero-order valence-electron chi connectivity index (χ0n) is 17.1. The first-order chi connectivity index (χ1) is 14.6. The van der Waals surface area contributed by atoms with E-state index in [1.165, 1.54) is 12.8 Å². The molecule has 1 fully saturated rings. The maximum absolute atomic E-state index is 13.3. The van der Waals surface area contributed by atoms with Crippen LogP contribution in [0.1, 0.15) is 43.7 Å². The summed E-state index contributed by atoms with van der Waals surface area (Å²) in [6.07, 6.45) is 6.48. The summed E-state index contributed by atoms with van der Waals surface area (Å²) < 4.78 is 3.43. The molecular formula is C22H25N5O2S. The summed E-state index contributed by atoms with van der Waals surface area (Å²) in [7, 11) is 0. The molecule has 2 aromatic heterocycles. The molecule has 2 aliphatic heterocycles. The van der Waals surface area contributed by atoms with E-state index < -0.39 is 0 Å². The Bertz CT molecular complexity index is 1140. The lowest BCUT2D eigenvalue weighted by Gasteiger charge is -2.22. The molecule has 0 spiro atoms. The van der Waals surface area contributed by atoms with Crippen molar-refractivity contribution in [2.75, 3.05) is 18.8 Å². The molecule has 156 valence electrons. The molecule has 30 heavy (non-hydrogen) atoms. The van der Waals surface area contributed by atoms with Gasteiger partial charge in [0.15, 0.2) is 10.8 Å². The van der Waals surface area contributed by atoms with Gasteiger partial charge in [0.1, 0.15) is 5.39 Å². The lowest BCUT2D eigenvalue weighted by molar-refractivity contribution is -0.131. The van der Waals surface area contributed by atoms with Crippen LogP contribution in [0.2, 0.25) is 0 Å². The Morgan fingerprint density at radius 2 is 1.87 bits per heavy atom. The van der Waals surface area contributed by atoms with Crippen molar-refractivity contribution in [1.29, 1.82) is 0 Å². The molecule has 1 unspecified atom stereocenters. The molecular weight excluding hydrogens is 398 g/mol. The lowest BCUT2D eigenvalue weighted by atomic mass is 10.2. The maximum atomic E-state index is 13.3. The number of carbonyl (C=O) groups excluding carboxylic acids is 1. The van der Waals surface area contributed by atoms with E-state index in [0.717, 1.165) is 37.2 Å². The average Bonchev–Trinajstić information content (AvgIpc) is 3.23. The van der Waals surface area contributed by atoms with Crippen molar-refractivity contribution in [3.05, 3.63) is 46.4 Å². The Morgan fingerprint density at radius 1 is 1.13 bits per heavy atom. The molecule has 8 heteroatoms. The van der Waals surface area contributed by atoms with E-state index in [0.29, 0.717) is 28.4 Å². The smallest absolute Gasteiger partial charge is 0.265 e. The Balaban J connectivity index is 1.46. The summed E-state index contributed by atoms with van der Waals surface area (Å²) in [4.78, 5) is 32.9. The number of nitrogens with zero attached hydrogens (tertiary/aromatic N) is 5. The maximum Gasteiger partial charge on any atom is 0.265 e. The van der Waals surface area contributed by atoms with Gasteiger partial charge in [-0.15, -0.1) is 0 Å². The molecule has 1 amide bonds. The Morgan fingerprint density at radius 3 is 2.60 bits per heavy atom. The lowest BCUT2D eigenvalue weighted by Crippen LogP contribution is -2.35. The topological polar surface area (TPSA) is 73.0 Å². The highest BCUT2D eigenvalue weighted by molar-refractivity contribution is 7.99. The van der Waals surface area contributed by atoms with Crippen LogP contribution in [-0.2, 0) is 4.79 Å². The van der Waals surface area contributed by atoms with Crippen LogP contribution in [0.3, 0.4) is 0 Å². The van der Waals surface area contributed by atoms with Crippen LogP contribution in [0.15, 0.2) is 40.4 Å². The van der Waals surface area contributed by atoms with Crippen molar-refractivity contribution < 1.29 is 4.79 Å². The zero-order chi connectivity index (χ0) is 20.7. The number of likely N-dealkylation sites (tertiary alicyclic amines) is 1. The first-order valence-corrected chi connectivity index (χ1v) is 11.6. The fourth-order valence-electron chi connectivity index (χ4n) is 4.31. The van der Waals surface area contributed by atoms with E-state index in [4.69, 9.17) is 4.98 Å². The standard InChI is InChI=1S/C22H25N5O2S/c1-15-6-8-16(9-7-15)27-20-18(13-23-27)21(29)26-17(14-30-22(26)24-20)12-19(28)25-10-4-2-3-5-11-25/h6-9,13,17H,2-5,10-12,14H2,1H3. The highest BCUT2D eigenvalue weighted by Gasteiger charge is 2.31. The highest BCUT2D eigenvalue weighted by atomic mass is 32.2. The van der Waals surface area contributed by atoms with Crippen molar-refractivity contribution in [3.63, 3.8) is 0 Å². The monoisotopic (exact) mass is 423 g/mol. The number of aromatic nitrogens is 4. The molecule has 0 N–H and O–H groups in total. The number of hydrogen-bond donors (Lipinski definition) is 0. The largest absolute Gasteiger partial charge is 0.343 e. The van der Waals surface area contributed by atoms with Crippen LogP contribution in [0.4, 0.5) is 0 Å². The van der Waals surface area contributed by atoms with E-state index in [2.05, 4.69) is 5.10 Å². The SMILES string of the molecule is Cc1ccc(-n2ncc3c(=O)n4c(nc32)SCC4CC(=O)N2CCCCCC2)cc1. The fraction of sp³-hybridized carbons (Fsp3) is 0.455. The summed E-state index contributed by atoms with van der Waals surface area (Å²) >= 11 is 1.55. The minimum absolute atomic E-state index is 0.105. The van der Waals surface area contributed by atoms with Gasteiger partial charge in [-0.1, -0.05) is 42.3 Å². The molecule has 0 aliphatic carbocycles. The van der Waals surface area contributed by atoms with Crippen LogP contribution < -0.4 is 5.56 Å². The number of rotatable bonds is 3. The predicted molar refractivity (Wildman–Crippen MR) is 117 cm³/mol. The van der Waals surface area contributed by atoms with Gasteiger partial charge in [0.25, 0.3) is 5.56 Å². The summed E-state index contributed by atoms with van der Waals surface area (Å²) in [5.41, 5.74) is 2.51. The van der Waals surface area contributed by atoms with E-state index in [1.807, 2.05) is 36.1 Å². The molecule has 3 aromatic rings. The third-order valence-electron chi connectivity index (χ3n) is 6.02. The van der Waals surface area contributed by atoms with Gasteiger partial charge in [-0.2, -0.15) is 5.10 Å². The van der Waals surface area contributed by atoms with E-state index in [1.54, 1.807) is 27.2 Å². The van der Waals surface area contributed by atoms with Gasteiger partial charge < -0.3 is 4.90 Å². The number of benzene rings is 1. The van der Waals surface area contributed by atoms with Crippen LogP contribution in [0.5, 0.6) is 0 Å². The average molecular weight is 424 g/mol. The predicted octanol–water partition coefficient (Wildman–Crippen LogP) is 3.33. The second-order valence-electron chi connectivity index (χ2n) is 8.16. The number of thioether (sulfide) groups is 1. The number of fused-ring (bicyclic) bond motifs is 2. The normalized spacial score (nSPS) is 19.1. The molecule has 7 nitrogen and oxygen atoms in total. The zero-order valence-corrected chi connectivity index (χ0v) is 17.9. The van der Waals surface area contributed by atoms with Crippen LogP contribution >= 0.6 is 11.8 Å². The number of carbonyl (C=O) groups is 1. The molecule has 1 saturated heterocycles. The Kier molecular flexibility index (Phi) is 5.10. The van der Waals surface area contributed by atoms with Gasteiger partial charge in [-0.25, -0.2) is 9.67 Å². The Hall–Kier alpha value is -2.61. The van der Waals surface area contributed by atoms with Crippen molar-refractivity contribution >= 4 is 28.7 Å². The number of hydrogen-bond acceptors (Lipinski definition) is 5. The molecule has 0 bridgehead atoms. The van der Waals surface area contributed by atoms with Crippen molar-refractivity contribution in [2.24, 2.45) is 0 Å². The van der Waals surface area contributed by atoms with Crippen LogP contribution in [0.25, 0.3) is 16.7 Å². The van der Waals surface area contributed by atoms with E-state index in [-0.39, 0.29) is 17.5 Å². The third-order valence-corrected chi connectivity index (χ3v) is 7.12. The quantitative estimate of drug-likeness (QED) is 0.604. The van der Waals surface area contributed by atoms with Crippen molar-refractivity contribution in [1.82, 2.24) is 24.2 Å². The van der Waals surface area contributed by atoms with Crippen molar-refractivity contribution in [3.8, 4) is 5.69 Å². The number of amides is 1.